The van der Waals surface area contributed by atoms with Crippen LogP contribution in [0.25, 0.3) is 27.9 Å². The maximum Gasteiger partial charge on any atom is 0.172 e. The minimum absolute atomic E-state index is 0.624. The molecule has 0 radical (unpaired) electrons. The lowest BCUT2D eigenvalue weighted by Gasteiger charge is -2.11. The second-order valence-corrected chi connectivity index (χ2v) is 6.01. The first-order valence-corrected chi connectivity index (χ1v) is 8.03. The smallest absolute Gasteiger partial charge is 0.172 e. The monoisotopic (exact) mass is 354 g/mol. The van der Waals surface area contributed by atoms with Gasteiger partial charge in [0, 0.05) is 22.0 Å². The summed E-state index contributed by atoms with van der Waals surface area (Å²) >= 11 is 5.98. The zero-order valence-electron chi connectivity index (χ0n) is 13.9. The molecule has 2 heterocycles. The Hall–Kier alpha value is -2.86. The Morgan fingerprint density at radius 3 is 2.32 bits per heavy atom. The van der Waals surface area contributed by atoms with Crippen molar-refractivity contribution in [3.8, 4) is 22.9 Å². The third-order valence-corrected chi connectivity index (χ3v) is 4.37. The summed E-state index contributed by atoms with van der Waals surface area (Å²) in [5.74, 6) is 2.75. The molecule has 0 bridgehead atoms. The van der Waals surface area contributed by atoms with Crippen LogP contribution in [0.15, 0.2) is 36.4 Å². The van der Waals surface area contributed by atoms with Gasteiger partial charge in [-0.3, -0.25) is 4.40 Å². The van der Waals surface area contributed by atoms with E-state index in [1.807, 2.05) is 47.7 Å². The quantitative estimate of drug-likeness (QED) is 0.558. The summed E-state index contributed by atoms with van der Waals surface area (Å²) in [5, 5.41) is 10.3. The van der Waals surface area contributed by atoms with Crippen molar-refractivity contribution in [3.63, 3.8) is 0 Å². The van der Waals surface area contributed by atoms with Gasteiger partial charge in [-0.1, -0.05) is 11.6 Å². The van der Waals surface area contributed by atoms with E-state index >= 15 is 0 Å². The highest BCUT2D eigenvalue weighted by atomic mass is 35.5. The third kappa shape index (κ3) is 2.46. The van der Waals surface area contributed by atoms with E-state index in [1.54, 1.807) is 14.2 Å². The molecule has 6 nitrogen and oxygen atoms in total. The van der Waals surface area contributed by atoms with Gasteiger partial charge in [0.25, 0.3) is 0 Å². The van der Waals surface area contributed by atoms with Crippen LogP contribution in [0.1, 0.15) is 5.82 Å². The summed E-state index contributed by atoms with van der Waals surface area (Å²) in [4.78, 5) is 4.69. The minimum Gasteiger partial charge on any atom is -0.493 e. The highest BCUT2D eigenvalue weighted by Gasteiger charge is 2.16. The van der Waals surface area contributed by atoms with E-state index in [1.165, 1.54) is 0 Å². The standard InChI is InChI=1S/C18H15ClN4O2/c1-10-20-14-9-16(25-3)15(24-2)8-13(14)18-22-21-17(23(10)18)11-4-6-12(19)7-5-11/h4-9H,1-3H3. The maximum atomic E-state index is 5.98. The van der Waals surface area contributed by atoms with Gasteiger partial charge in [0.05, 0.1) is 19.7 Å². The molecule has 0 unspecified atom stereocenters. The second-order valence-electron chi connectivity index (χ2n) is 5.57. The first-order valence-electron chi connectivity index (χ1n) is 7.66. The lowest BCUT2D eigenvalue weighted by Crippen LogP contribution is -2.00. The van der Waals surface area contributed by atoms with Crippen LogP contribution in [0.4, 0.5) is 0 Å². The third-order valence-electron chi connectivity index (χ3n) is 4.11. The lowest BCUT2D eigenvalue weighted by molar-refractivity contribution is 0.356. The van der Waals surface area contributed by atoms with Crippen molar-refractivity contribution in [3.05, 3.63) is 47.2 Å². The predicted octanol–water partition coefficient (Wildman–Crippen LogP) is 3.92. The van der Waals surface area contributed by atoms with Gasteiger partial charge >= 0.3 is 0 Å². The predicted molar refractivity (Wildman–Crippen MR) is 96.6 cm³/mol. The van der Waals surface area contributed by atoms with E-state index in [4.69, 9.17) is 21.1 Å². The number of hydrogen-bond acceptors (Lipinski definition) is 5. The molecule has 0 saturated heterocycles. The molecule has 2 aromatic carbocycles. The molecule has 0 atom stereocenters. The van der Waals surface area contributed by atoms with Crippen molar-refractivity contribution in [2.45, 2.75) is 6.92 Å². The molecule has 0 N–H and O–H groups in total. The van der Waals surface area contributed by atoms with Crippen LogP contribution in [0.2, 0.25) is 5.02 Å². The summed E-state index contributed by atoms with van der Waals surface area (Å²) in [6, 6.07) is 11.2. The molecule has 0 fully saturated rings. The van der Waals surface area contributed by atoms with Gasteiger partial charge in [-0.25, -0.2) is 4.98 Å². The molecule has 0 aliphatic carbocycles. The summed E-state index contributed by atoms with van der Waals surface area (Å²) in [7, 11) is 3.20. The Kier molecular flexibility index (Phi) is 3.69. The number of methoxy groups -OCH3 is 2. The molecule has 7 heteroatoms. The highest BCUT2D eigenvalue weighted by Crippen LogP contribution is 2.34. The van der Waals surface area contributed by atoms with Crippen molar-refractivity contribution in [1.29, 1.82) is 0 Å². The fourth-order valence-electron chi connectivity index (χ4n) is 2.92. The molecule has 25 heavy (non-hydrogen) atoms. The van der Waals surface area contributed by atoms with Gasteiger partial charge in [0.1, 0.15) is 5.82 Å². The zero-order chi connectivity index (χ0) is 17.6. The molecule has 4 aromatic rings. The molecule has 126 valence electrons. The second kappa shape index (κ2) is 5.89. The van der Waals surface area contributed by atoms with Gasteiger partial charge in [0.2, 0.25) is 0 Å². The number of ether oxygens (including phenoxy) is 2. The molecule has 0 aliphatic heterocycles. The van der Waals surface area contributed by atoms with Gasteiger partial charge < -0.3 is 9.47 Å². The van der Waals surface area contributed by atoms with Gasteiger partial charge in [-0.2, -0.15) is 0 Å². The molecule has 0 amide bonds. The topological polar surface area (TPSA) is 61.5 Å². The van der Waals surface area contributed by atoms with E-state index < -0.39 is 0 Å². The average Bonchev–Trinajstić information content (AvgIpc) is 3.07. The van der Waals surface area contributed by atoms with Crippen molar-refractivity contribution < 1.29 is 9.47 Å². The summed E-state index contributed by atoms with van der Waals surface area (Å²) in [6.07, 6.45) is 0. The Morgan fingerprint density at radius 2 is 1.64 bits per heavy atom. The normalized spacial score (nSPS) is 11.2. The number of halogens is 1. The Bertz CT molecular complexity index is 1090. The summed E-state index contributed by atoms with van der Waals surface area (Å²) in [6.45, 7) is 1.92. The van der Waals surface area contributed by atoms with Crippen LogP contribution in [-0.4, -0.2) is 33.8 Å². The molecular formula is C18H15ClN4O2. The largest absolute Gasteiger partial charge is 0.493 e. The van der Waals surface area contributed by atoms with E-state index in [0.717, 1.165) is 22.3 Å². The van der Waals surface area contributed by atoms with Gasteiger partial charge in [-0.05, 0) is 37.3 Å². The molecular weight excluding hydrogens is 340 g/mol. The number of rotatable bonds is 3. The number of fused-ring (bicyclic) bond motifs is 3. The van der Waals surface area contributed by atoms with E-state index in [0.29, 0.717) is 28.0 Å². The lowest BCUT2D eigenvalue weighted by atomic mass is 10.2. The Labute approximate surface area is 149 Å². The fourth-order valence-corrected chi connectivity index (χ4v) is 3.04. The first kappa shape index (κ1) is 15.7. The number of aryl methyl sites for hydroxylation is 1. The Morgan fingerprint density at radius 1 is 0.960 bits per heavy atom. The number of aromatic nitrogens is 4. The average molecular weight is 355 g/mol. The van der Waals surface area contributed by atoms with Crippen molar-refractivity contribution >= 4 is 28.2 Å². The minimum atomic E-state index is 0.624. The van der Waals surface area contributed by atoms with Crippen molar-refractivity contribution in [2.75, 3.05) is 14.2 Å². The van der Waals surface area contributed by atoms with Crippen LogP contribution < -0.4 is 9.47 Å². The molecule has 4 rings (SSSR count). The van der Waals surface area contributed by atoms with E-state index in [2.05, 4.69) is 15.2 Å². The van der Waals surface area contributed by atoms with Crippen molar-refractivity contribution in [2.24, 2.45) is 0 Å². The SMILES string of the molecule is COc1cc2nc(C)n3c(-c4ccc(Cl)cc4)nnc3c2cc1OC. The van der Waals surface area contributed by atoms with E-state index in [-0.39, 0.29) is 0 Å². The highest BCUT2D eigenvalue weighted by molar-refractivity contribution is 6.30. The number of hydrogen-bond donors (Lipinski definition) is 0. The van der Waals surface area contributed by atoms with Gasteiger partial charge in [0.15, 0.2) is 23.0 Å². The molecule has 0 aliphatic rings. The van der Waals surface area contributed by atoms with E-state index in [9.17, 15) is 0 Å². The number of nitrogens with zero attached hydrogens (tertiary/aromatic N) is 4. The molecule has 2 aromatic heterocycles. The fraction of sp³-hybridized carbons (Fsp3) is 0.167. The molecule has 0 saturated carbocycles. The summed E-state index contributed by atoms with van der Waals surface area (Å²) < 4.78 is 12.7. The van der Waals surface area contributed by atoms with Crippen LogP contribution in [-0.2, 0) is 0 Å². The first-order chi connectivity index (χ1) is 12.1. The Balaban J connectivity index is 2.04. The van der Waals surface area contributed by atoms with Gasteiger partial charge in [-0.15, -0.1) is 10.2 Å². The van der Waals surface area contributed by atoms with Crippen LogP contribution in [0, 0.1) is 6.92 Å². The zero-order valence-corrected chi connectivity index (χ0v) is 14.7. The van der Waals surface area contributed by atoms with Crippen LogP contribution in [0.3, 0.4) is 0 Å². The van der Waals surface area contributed by atoms with Crippen LogP contribution >= 0.6 is 11.6 Å². The van der Waals surface area contributed by atoms with Crippen LogP contribution in [0.5, 0.6) is 11.5 Å². The molecule has 0 spiro atoms. The van der Waals surface area contributed by atoms with Crippen molar-refractivity contribution in [1.82, 2.24) is 19.6 Å². The summed E-state index contributed by atoms with van der Waals surface area (Å²) in [5.41, 5.74) is 2.41. The number of benzene rings is 2. The maximum absolute atomic E-state index is 5.98.